The lowest BCUT2D eigenvalue weighted by Crippen LogP contribution is -2.39. The molecule has 0 heterocycles. The predicted octanol–water partition coefficient (Wildman–Crippen LogP) is 3.88. The van der Waals surface area contributed by atoms with Crippen molar-refractivity contribution in [1.29, 1.82) is 0 Å². The minimum absolute atomic E-state index is 0.177. The summed E-state index contributed by atoms with van der Waals surface area (Å²) in [5.74, 6) is -1.18. The van der Waals surface area contributed by atoms with E-state index >= 15 is 0 Å². The van der Waals surface area contributed by atoms with Gasteiger partial charge in [0.25, 0.3) is 0 Å². The molecule has 0 aliphatic heterocycles. The average molecular weight is 331 g/mol. The SMILES string of the molecule is COc1c(Br)ccc(F)c1C1(C(=O)O)CCCCC1. The summed E-state index contributed by atoms with van der Waals surface area (Å²) in [6.45, 7) is 0. The molecule has 0 spiro atoms. The highest BCUT2D eigenvalue weighted by molar-refractivity contribution is 9.10. The van der Waals surface area contributed by atoms with Crippen LogP contribution in [0.1, 0.15) is 37.7 Å². The van der Waals surface area contributed by atoms with Gasteiger partial charge in [0.05, 0.1) is 17.0 Å². The Morgan fingerprint density at radius 2 is 2.00 bits per heavy atom. The lowest BCUT2D eigenvalue weighted by atomic mass is 9.69. The van der Waals surface area contributed by atoms with Crippen LogP contribution in [0.15, 0.2) is 16.6 Å². The van der Waals surface area contributed by atoms with Crippen LogP contribution in [0.25, 0.3) is 0 Å². The summed E-state index contributed by atoms with van der Waals surface area (Å²) >= 11 is 3.30. The molecule has 0 bridgehead atoms. The highest BCUT2D eigenvalue weighted by Crippen LogP contribution is 2.46. The third-order valence-electron chi connectivity index (χ3n) is 3.86. The van der Waals surface area contributed by atoms with Gasteiger partial charge < -0.3 is 9.84 Å². The van der Waals surface area contributed by atoms with E-state index < -0.39 is 17.2 Å². The maximum atomic E-state index is 14.2. The van der Waals surface area contributed by atoms with Crippen molar-refractivity contribution in [3.63, 3.8) is 0 Å². The molecule has 1 saturated carbocycles. The molecule has 2 rings (SSSR count). The Balaban J connectivity index is 2.66. The number of aliphatic carboxylic acids is 1. The molecule has 3 nitrogen and oxygen atoms in total. The van der Waals surface area contributed by atoms with Crippen LogP contribution in [-0.4, -0.2) is 18.2 Å². The normalized spacial score (nSPS) is 18.1. The van der Waals surface area contributed by atoms with Gasteiger partial charge in [-0.05, 0) is 40.9 Å². The molecule has 1 fully saturated rings. The first-order chi connectivity index (χ1) is 9.03. The van der Waals surface area contributed by atoms with Gasteiger partial charge in [0.2, 0.25) is 0 Å². The van der Waals surface area contributed by atoms with Crippen LogP contribution in [0.5, 0.6) is 5.75 Å². The van der Waals surface area contributed by atoms with Gasteiger partial charge in [-0.3, -0.25) is 4.79 Å². The number of rotatable bonds is 3. The van der Waals surface area contributed by atoms with Crippen molar-refractivity contribution >= 4 is 21.9 Å². The maximum Gasteiger partial charge on any atom is 0.314 e. The Morgan fingerprint density at radius 3 is 2.53 bits per heavy atom. The molecule has 5 heteroatoms. The highest BCUT2D eigenvalue weighted by atomic mass is 79.9. The smallest absolute Gasteiger partial charge is 0.314 e. The van der Waals surface area contributed by atoms with E-state index in [9.17, 15) is 14.3 Å². The molecule has 1 N–H and O–H groups in total. The summed E-state index contributed by atoms with van der Waals surface area (Å²) in [4.78, 5) is 11.8. The van der Waals surface area contributed by atoms with E-state index in [1.165, 1.54) is 19.2 Å². The summed E-state index contributed by atoms with van der Waals surface area (Å²) in [6, 6.07) is 2.83. The molecule has 19 heavy (non-hydrogen) atoms. The number of hydrogen-bond acceptors (Lipinski definition) is 2. The first kappa shape index (κ1) is 14.3. The number of carboxylic acids is 1. The van der Waals surface area contributed by atoms with E-state index in [-0.39, 0.29) is 5.56 Å². The van der Waals surface area contributed by atoms with Gasteiger partial charge in [0, 0.05) is 5.56 Å². The van der Waals surface area contributed by atoms with Crippen molar-refractivity contribution < 1.29 is 19.0 Å². The average Bonchev–Trinajstić information content (AvgIpc) is 2.41. The summed E-state index contributed by atoms with van der Waals surface area (Å²) in [5.41, 5.74) is -0.992. The van der Waals surface area contributed by atoms with Crippen LogP contribution in [-0.2, 0) is 10.2 Å². The van der Waals surface area contributed by atoms with Gasteiger partial charge >= 0.3 is 5.97 Å². The number of carboxylic acid groups (broad SMARTS) is 1. The number of methoxy groups -OCH3 is 1. The van der Waals surface area contributed by atoms with Gasteiger partial charge in [-0.25, -0.2) is 4.39 Å². The van der Waals surface area contributed by atoms with Crippen LogP contribution < -0.4 is 4.74 Å². The first-order valence-electron chi connectivity index (χ1n) is 6.29. The van der Waals surface area contributed by atoms with Crippen molar-refractivity contribution in [2.45, 2.75) is 37.5 Å². The second-order valence-corrected chi connectivity index (χ2v) is 5.74. The van der Waals surface area contributed by atoms with E-state index in [0.717, 1.165) is 19.3 Å². The van der Waals surface area contributed by atoms with Gasteiger partial charge in [0.15, 0.2) is 0 Å². The molecule has 0 saturated heterocycles. The van der Waals surface area contributed by atoms with Crippen LogP contribution in [0, 0.1) is 5.82 Å². The number of ether oxygens (including phenoxy) is 1. The lowest BCUT2D eigenvalue weighted by molar-refractivity contribution is -0.145. The Kier molecular flexibility index (Phi) is 4.13. The first-order valence-corrected chi connectivity index (χ1v) is 7.08. The molecular formula is C14H16BrFO3. The highest BCUT2D eigenvalue weighted by Gasteiger charge is 2.45. The Morgan fingerprint density at radius 1 is 1.37 bits per heavy atom. The van der Waals surface area contributed by atoms with Gasteiger partial charge in [-0.15, -0.1) is 0 Å². The quantitative estimate of drug-likeness (QED) is 0.914. The van der Waals surface area contributed by atoms with E-state index in [4.69, 9.17) is 4.74 Å². The molecule has 0 amide bonds. The second kappa shape index (κ2) is 5.49. The van der Waals surface area contributed by atoms with Crippen LogP contribution >= 0.6 is 15.9 Å². The summed E-state index contributed by atoms with van der Waals surface area (Å²) in [5, 5.41) is 9.64. The van der Waals surface area contributed by atoms with Crippen LogP contribution in [0.3, 0.4) is 0 Å². The van der Waals surface area contributed by atoms with Gasteiger partial charge in [0.1, 0.15) is 11.6 Å². The Labute approximate surface area is 119 Å². The Hall–Kier alpha value is -1.10. The van der Waals surface area contributed by atoms with Crippen molar-refractivity contribution in [3.8, 4) is 5.75 Å². The molecule has 0 atom stereocenters. The molecule has 1 aromatic carbocycles. The molecule has 104 valence electrons. The maximum absolute atomic E-state index is 14.2. The van der Waals surface area contributed by atoms with E-state index in [1.54, 1.807) is 0 Å². The number of halogens is 2. The van der Waals surface area contributed by atoms with E-state index in [1.807, 2.05) is 0 Å². The molecule has 0 aromatic heterocycles. The van der Waals surface area contributed by atoms with Crippen molar-refractivity contribution in [2.24, 2.45) is 0 Å². The summed E-state index contributed by atoms with van der Waals surface area (Å²) in [6.07, 6.45) is 3.48. The monoisotopic (exact) mass is 330 g/mol. The lowest BCUT2D eigenvalue weighted by Gasteiger charge is -2.35. The van der Waals surface area contributed by atoms with E-state index in [0.29, 0.717) is 23.1 Å². The van der Waals surface area contributed by atoms with Crippen molar-refractivity contribution in [2.75, 3.05) is 7.11 Å². The second-order valence-electron chi connectivity index (χ2n) is 4.89. The zero-order valence-electron chi connectivity index (χ0n) is 10.7. The fourth-order valence-corrected chi connectivity index (χ4v) is 3.40. The molecule has 0 unspecified atom stereocenters. The van der Waals surface area contributed by atoms with Gasteiger partial charge in [-0.2, -0.15) is 0 Å². The fraction of sp³-hybridized carbons (Fsp3) is 0.500. The van der Waals surface area contributed by atoms with Crippen molar-refractivity contribution in [3.05, 3.63) is 28.0 Å². The van der Waals surface area contributed by atoms with Crippen LogP contribution in [0.2, 0.25) is 0 Å². The minimum atomic E-state index is -1.17. The zero-order chi connectivity index (χ0) is 14.0. The molecule has 0 radical (unpaired) electrons. The largest absolute Gasteiger partial charge is 0.495 e. The zero-order valence-corrected chi connectivity index (χ0v) is 12.3. The number of hydrogen-bond donors (Lipinski definition) is 1. The summed E-state index contributed by atoms with van der Waals surface area (Å²) < 4.78 is 20.1. The number of carbonyl (C=O) groups is 1. The Bertz CT molecular complexity index is 496. The third-order valence-corrected chi connectivity index (χ3v) is 4.48. The summed E-state index contributed by atoms with van der Waals surface area (Å²) in [7, 11) is 1.43. The van der Waals surface area contributed by atoms with Crippen molar-refractivity contribution in [1.82, 2.24) is 0 Å². The molecule has 1 aromatic rings. The third kappa shape index (κ3) is 2.36. The predicted molar refractivity (Wildman–Crippen MR) is 73.1 cm³/mol. The van der Waals surface area contributed by atoms with Gasteiger partial charge in [-0.1, -0.05) is 19.3 Å². The molecule has 1 aliphatic rings. The number of benzene rings is 1. The molecule has 1 aliphatic carbocycles. The molecular weight excluding hydrogens is 315 g/mol. The topological polar surface area (TPSA) is 46.5 Å². The van der Waals surface area contributed by atoms with E-state index in [2.05, 4.69) is 15.9 Å². The minimum Gasteiger partial charge on any atom is -0.495 e. The van der Waals surface area contributed by atoms with Crippen LogP contribution in [0.4, 0.5) is 4.39 Å². The fourth-order valence-electron chi connectivity index (χ4n) is 2.90. The standard InChI is InChI=1S/C14H16BrFO3/c1-19-12-9(15)5-6-10(16)11(12)14(13(17)18)7-3-2-4-8-14/h5-6H,2-4,7-8H2,1H3,(H,17,18).